The van der Waals surface area contributed by atoms with E-state index >= 15 is 0 Å². The van der Waals surface area contributed by atoms with Crippen molar-refractivity contribution in [2.24, 2.45) is 5.92 Å². The average molecular weight is 387 g/mol. The smallest absolute Gasteiger partial charge is 0.251 e. The molecule has 1 aliphatic heterocycles. The number of amides is 2. The zero-order chi connectivity index (χ0) is 19.4. The first-order valence-corrected chi connectivity index (χ1v) is 9.45. The predicted octanol–water partition coefficient (Wildman–Crippen LogP) is 3.56. The minimum Gasteiger partial charge on any atom is -0.384 e. The van der Waals surface area contributed by atoms with E-state index in [1.165, 1.54) is 6.92 Å². The Morgan fingerprint density at radius 1 is 1.11 bits per heavy atom. The molecule has 142 valence electrons. The zero-order valence-corrected chi connectivity index (χ0v) is 15.9. The Kier molecular flexibility index (Phi) is 6.14. The molecule has 27 heavy (non-hydrogen) atoms. The minimum absolute atomic E-state index is 0.0395. The molecule has 5 nitrogen and oxygen atoms in total. The van der Waals surface area contributed by atoms with Crippen molar-refractivity contribution in [2.45, 2.75) is 25.9 Å². The van der Waals surface area contributed by atoms with E-state index in [1.807, 2.05) is 48.5 Å². The third kappa shape index (κ3) is 4.87. The Morgan fingerprint density at radius 2 is 1.74 bits per heavy atom. The molecule has 0 spiro atoms. The van der Waals surface area contributed by atoms with Crippen molar-refractivity contribution >= 4 is 29.1 Å². The summed E-state index contributed by atoms with van der Waals surface area (Å²) < 4.78 is 0. The molecule has 0 saturated carbocycles. The van der Waals surface area contributed by atoms with Crippen LogP contribution in [0.25, 0.3) is 11.1 Å². The molecule has 0 radical (unpaired) electrons. The van der Waals surface area contributed by atoms with Crippen LogP contribution in [0.1, 0.15) is 19.8 Å². The second-order valence-electron chi connectivity index (χ2n) is 6.86. The lowest BCUT2D eigenvalue weighted by Crippen LogP contribution is -2.44. The molecule has 2 N–H and O–H groups in total. The van der Waals surface area contributed by atoms with Gasteiger partial charge in [0.05, 0.1) is 0 Å². The van der Waals surface area contributed by atoms with E-state index in [9.17, 15) is 14.7 Å². The van der Waals surface area contributed by atoms with Crippen LogP contribution in [0.2, 0.25) is 5.02 Å². The molecule has 1 atom stereocenters. The molecular weight excluding hydrogens is 364 g/mol. The number of rotatable bonds is 4. The minimum atomic E-state index is -0.996. The number of likely N-dealkylation sites (tertiary alicyclic amines) is 1. The van der Waals surface area contributed by atoms with Crippen LogP contribution in [0.4, 0.5) is 5.69 Å². The first kappa shape index (κ1) is 19.4. The van der Waals surface area contributed by atoms with Gasteiger partial charge in [-0.1, -0.05) is 35.9 Å². The maximum absolute atomic E-state index is 12.6. The van der Waals surface area contributed by atoms with E-state index in [0.29, 0.717) is 31.0 Å². The summed E-state index contributed by atoms with van der Waals surface area (Å²) in [6.07, 6.45) is 0.195. The van der Waals surface area contributed by atoms with E-state index in [-0.39, 0.29) is 17.7 Å². The number of piperidine rings is 1. The van der Waals surface area contributed by atoms with Crippen molar-refractivity contribution in [3.63, 3.8) is 0 Å². The third-order valence-electron chi connectivity index (χ3n) is 4.82. The summed E-state index contributed by atoms with van der Waals surface area (Å²) in [5.74, 6) is -0.455. The van der Waals surface area contributed by atoms with Gasteiger partial charge in [0.2, 0.25) is 5.91 Å². The van der Waals surface area contributed by atoms with E-state index in [4.69, 9.17) is 11.6 Å². The van der Waals surface area contributed by atoms with Gasteiger partial charge in [0.1, 0.15) is 6.10 Å². The largest absolute Gasteiger partial charge is 0.384 e. The summed E-state index contributed by atoms with van der Waals surface area (Å²) in [6.45, 7) is 2.45. The predicted molar refractivity (Wildman–Crippen MR) is 107 cm³/mol. The molecule has 2 amide bonds. The van der Waals surface area contributed by atoms with Crippen molar-refractivity contribution in [1.29, 1.82) is 0 Å². The number of aliphatic hydroxyl groups is 1. The number of hydrogen-bond donors (Lipinski definition) is 2. The van der Waals surface area contributed by atoms with Gasteiger partial charge < -0.3 is 15.3 Å². The Balaban J connectivity index is 1.62. The highest BCUT2D eigenvalue weighted by molar-refractivity contribution is 6.30. The van der Waals surface area contributed by atoms with Gasteiger partial charge in [0, 0.05) is 29.7 Å². The van der Waals surface area contributed by atoms with Crippen molar-refractivity contribution in [3.05, 3.63) is 53.6 Å². The van der Waals surface area contributed by atoms with Crippen molar-refractivity contribution in [3.8, 4) is 11.1 Å². The van der Waals surface area contributed by atoms with Crippen LogP contribution in [0.3, 0.4) is 0 Å². The SMILES string of the molecule is C[C@@H](O)C(=O)N1CCC(C(=O)Nc2cccc(-c3cccc(Cl)c3)c2)CC1. The van der Waals surface area contributed by atoms with E-state index in [0.717, 1.165) is 16.8 Å². The second kappa shape index (κ2) is 8.55. The normalized spacial score (nSPS) is 16.0. The molecule has 0 aliphatic carbocycles. The lowest BCUT2D eigenvalue weighted by molar-refractivity contribution is -0.141. The first-order valence-electron chi connectivity index (χ1n) is 9.08. The second-order valence-corrected chi connectivity index (χ2v) is 7.29. The molecule has 3 rings (SSSR count). The van der Waals surface area contributed by atoms with Crippen LogP contribution in [0, 0.1) is 5.92 Å². The summed E-state index contributed by atoms with van der Waals surface area (Å²) in [5, 5.41) is 13.0. The van der Waals surface area contributed by atoms with E-state index < -0.39 is 6.10 Å². The Bertz CT molecular complexity index is 830. The average Bonchev–Trinajstić information content (AvgIpc) is 2.67. The molecule has 1 saturated heterocycles. The molecule has 1 aliphatic rings. The Hall–Kier alpha value is -2.37. The van der Waals surface area contributed by atoms with Gasteiger partial charge in [0.25, 0.3) is 5.91 Å². The third-order valence-corrected chi connectivity index (χ3v) is 5.06. The molecule has 6 heteroatoms. The highest BCUT2D eigenvalue weighted by Crippen LogP contribution is 2.26. The van der Waals surface area contributed by atoms with Gasteiger partial charge in [0.15, 0.2) is 0 Å². The molecule has 1 heterocycles. The quantitative estimate of drug-likeness (QED) is 0.844. The summed E-state index contributed by atoms with van der Waals surface area (Å²) >= 11 is 6.06. The monoisotopic (exact) mass is 386 g/mol. The van der Waals surface area contributed by atoms with Crippen LogP contribution < -0.4 is 5.32 Å². The zero-order valence-electron chi connectivity index (χ0n) is 15.2. The van der Waals surface area contributed by atoms with Crippen LogP contribution in [0.5, 0.6) is 0 Å². The van der Waals surface area contributed by atoms with Gasteiger partial charge in [-0.05, 0) is 55.2 Å². The Morgan fingerprint density at radius 3 is 2.37 bits per heavy atom. The van der Waals surface area contributed by atoms with E-state index in [2.05, 4.69) is 5.32 Å². The first-order chi connectivity index (χ1) is 12.9. The number of nitrogens with one attached hydrogen (secondary N) is 1. The van der Waals surface area contributed by atoms with Crippen LogP contribution in [0.15, 0.2) is 48.5 Å². The molecule has 2 aromatic carbocycles. The summed E-state index contributed by atoms with van der Waals surface area (Å²) in [4.78, 5) is 26.0. The van der Waals surface area contributed by atoms with Gasteiger partial charge in [-0.2, -0.15) is 0 Å². The number of aliphatic hydroxyl groups excluding tert-OH is 1. The molecule has 0 bridgehead atoms. The fourth-order valence-electron chi connectivity index (χ4n) is 3.32. The fourth-order valence-corrected chi connectivity index (χ4v) is 3.51. The maximum Gasteiger partial charge on any atom is 0.251 e. The number of carbonyl (C=O) groups is 2. The van der Waals surface area contributed by atoms with Gasteiger partial charge in [-0.15, -0.1) is 0 Å². The van der Waals surface area contributed by atoms with E-state index in [1.54, 1.807) is 4.90 Å². The van der Waals surface area contributed by atoms with Crippen molar-refractivity contribution < 1.29 is 14.7 Å². The van der Waals surface area contributed by atoms with Crippen LogP contribution >= 0.6 is 11.6 Å². The molecule has 2 aromatic rings. The van der Waals surface area contributed by atoms with Gasteiger partial charge in [-0.3, -0.25) is 9.59 Å². The fraction of sp³-hybridized carbons (Fsp3) is 0.333. The lowest BCUT2D eigenvalue weighted by atomic mass is 9.95. The van der Waals surface area contributed by atoms with Gasteiger partial charge in [-0.25, -0.2) is 0 Å². The summed E-state index contributed by atoms with van der Waals surface area (Å²) in [7, 11) is 0. The number of benzene rings is 2. The number of halogens is 1. The topological polar surface area (TPSA) is 69.6 Å². The highest BCUT2D eigenvalue weighted by atomic mass is 35.5. The summed E-state index contributed by atoms with van der Waals surface area (Å²) in [6, 6.07) is 15.2. The van der Waals surface area contributed by atoms with Crippen LogP contribution in [-0.2, 0) is 9.59 Å². The number of hydrogen-bond acceptors (Lipinski definition) is 3. The highest BCUT2D eigenvalue weighted by Gasteiger charge is 2.28. The molecule has 1 fully saturated rings. The number of anilines is 1. The van der Waals surface area contributed by atoms with Gasteiger partial charge >= 0.3 is 0 Å². The standard InChI is InChI=1S/C21H23ClN2O3/c1-14(25)21(27)24-10-8-15(9-11-24)20(26)23-19-7-3-5-17(13-19)16-4-2-6-18(22)12-16/h2-7,12-15,25H,8-11H2,1H3,(H,23,26)/t14-/m1/s1. The number of carbonyl (C=O) groups excluding carboxylic acids is 2. The summed E-state index contributed by atoms with van der Waals surface area (Å²) in [5.41, 5.74) is 2.70. The Labute approximate surface area is 163 Å². The van der Waals surface area contributed by atoms with Crippen molar-refractivity contribution in [1.82, 2.24) is 4.90 Å². The molecular formula is C21H23ClN2O3. The maximum atomic E-state index is 12.6. The number of nitrogens with zero attached hydrogens (tertiary/aromatic N) is 1. The lowest BCUT2D eigenvalue weighted by Gasteiger charge is -2.32. The van der Waals surface area contributed by atoms with Crippen molar-refractivity contribution in [2.75, 3.05) is 18.4 Å². The van der Waals surface area contributed by atoms with Crippen LogP contribution in [-0.4, -0.2) is 41.0 Å². The molecule has 0 aromatic heterocycles. The molecule has 0 unspecified atom stereocenters.